The van der Waals surface area contributed by atoms with Gasteiger partial charge in [0.25, 0.3) is 0 Å². The van der Waals surface area contributed by atoms with E-state index in [0.717, 1.165) is 0 Å². The fourth-order valence-corrected chi connectivity index (χ4v) is 0.175. The van der Waals surface area contributed by atoms with Gasteiger partial charge in [0.1, 0.15) is 0 Å². The lowest BCUT2D eigenvalue weighted by molar-refractivity contribution is 0.0661. The van der Waals surface area contributed by atoms with Crippen molar-refractivity contribution in [2.75, 3.05) is 14.1 Å². The molecule has 8 heavy (non-hydrogen) atoms. The third kappa shape index (κ3) is 2.58. The van der Waals surface area contributed by atoms with Crippen LogP contribution in [0.15, 0.2) is 0 Å². The van der Waals surface area contributed by atoms with Crippen LogP contribution in [0.25, 0.3) is 0 Å². The lowest BCUT2D eigenvalue weighted by Gasteiger charge is -2.15. The lowest BCUT2D eigenvalue weighted by Crippen LogP contribution is -2.26. The normalized spacial score (nSPS) is 13.5. The molecule has 0 saturated heterocycles. The highest BCUT2D eigenvalue weighted by Crippen LogP contribution is 1.88. The highest BCUT2D eigenvalue weighted by molar-refractivity contribution is 5.38. The molecule has 3 nitrogen and oxygen atoms in total. The van der Waals surface area contributed by atoms with Gasteiger partial charge in [-0.2, -0.15) is 0 Å². The molecule has 0 aliphatic carbocycles. The van der Waals surface area contributed by atoms with Crippen LogP contribution in [0.1, 0.15) is 6.92 Å². The first kappa shape index (κ1) is 7.43. The van der Waals surface area contributed by atoms with Crippen LogP contribution in [0.2, 0.25) is 0 Å². The van der Waals surface area contributed by atoms with Crippen LogP contribution >= 0.6 is 0 Å². The third-order valence-corrected chi connectivity index (χ3v) is 0.946. The molecule has 0 amide bonds. The first-order valence-corrected chi connectivity index (χ1v) is 2.37. The molecule has 1 atom stereocenters. The molecule has 0 spiro atoms. The Balaban J connectivity index is 3.30. The molecule has 0 aromatic heterocycles. The second-order valence-corrected chi connectivity index (χ2v) is 1.76. The van der Waals surface area contributed by atoms with E-state index in [9.17, 15) is 4.79 Å². The van der Waals surface area contributed by atoms with Crippen LogP contribution < -0.4 is 0 Å². The SMILES string of the molecule is CC(O[C]=O)N(C)C. The van der Waals surface area contributed by atoms with Crippen LogP contribution in [-0.4, -0.2) is 31.7 Å². The summed E-state index contributed by atoms with van der Waals surface area (Å²) in [6.07, 6.45) is -0.174. The largest absolute Gasteiger partial charge is 0.438 e. The molecule has 0 heterocycles. The minimum atomic E-state index is -0.174. The van der Waals surface area contributed by atoms with E-state index >= 15 is 0 Å². The summed E-state index contributed by atoms with van der Waals surface area (Å²) in [6.45, 7) is 3.13. The van der Waals surface area contributed by atoms with Crippen molar-refractivity contribution in [2.45, 2.75) is 13.2 Å². The fraction of sp³-hybridized carbons (Fsp3) is 0.800. The molecule has 0 bridgehead atoms. The van der Waals surface area contributed by atoms with Crippen molar-refractivity contribution in [2.24, 2.45) is 0 Å². The predicted octanol–water partition coefficient (Wildman–Crippen LogP) is -0.0222. The lowest BCUT2D eigenvalue weighted by atomic mass is 10.6. The van der Waals surface area contributed by atoms with E-state index in [0.29, 0.717) is 0 Å². The predicted molar refractivity (Wildman–Crippen MR) is 29.9 cm³/mol. The maximum Gasteiger partial charge on any atom is 0.419 e. The second kappa shape index (κ2) is 3.43. The van der Waals surface area contributed by atoms with Crippen LogP contribution in [0.3, 0.4) is 0 Å². The Labute approximate surface area is 49.2 Å². The van der Waals surface area contributed by atoms with Crippen LogP contribution in [0, 0.1) is 0 Å². The molecular formula is C5H10NO2. The Morgan fingerprint density at radius 2 is 2.12 bits per heavy atom. The first-order valence-electron chi connectivity index (χ1n) is 2.37. The molecule has 1 radical (unpaired) electrons. The van der Waals surface area contributed by atoms with Gasteiger partial charge in [0.05, 0.1) is 0 Å². The van der Waals surface area contributed by atoms with Crippen molar-refractivity contribution < 1.29 is 9.53 Å². The van der Waals surface area contributed by atoms with Crippen LogP contribution in [-0.2, 0) is 9.53 Å². The van der Waals surface area contributed by atoms with Gasteiger partial charge in [-0.3, -0.25) is 4.90 Å². The molecule has 0 aromatic carbocycles. The number of rotatable bonds is 3. The van der Waals surface area contributed by atoms with Gasteiger partial charge in [0, 0.05) is 0 Å². The molecule has 0 rings (SSSR count). The molecule has 47 valence electrons. The molecule has 0 aliphatic rings. The molecule has 0 aliphatic heterocycles. The van der Waals surface area contributed by atoms with Gasteiger partial charge in [-0.25, -0.2) is 4.79 Å². The quantitative estimate of drug-likeness (QED) is 0.485. The van der Waals surface area contributed by atoms with E-state index in [-0.39, 0.29) is 6.23 Å². The third-order valence-electron chi connectivity index (χ3n) is 0.946. The number of hydrogen-bond donors (Lipinski definition) is 0. The van der Waals surface area contributed by atoms with Gasteiger partial charge in [0.15, 0.2) is 6.23 Å². The highest BCUT2D eigenvalue weighted by atomic mass is 16.5. The molecule has 3 heteroatoms. The molecule has 0 saturated carbocycles. The monoisotopic (exact) mass is 116 g/mol. The molecule has 0 fully saturated rings. The van der Waals surface area contributed by atoms with Crippen molar-refractivity contribution >= 4 is 6.47 Å². The number of carbonyl (C=O) groups excluding carboxylic acids is 1. The van der Waals surface area contributed by atoms with Gasteiger partial charge in [-0.05, 0) is 21.0 Å². The number of nitrogens with zero attached hydrogens (tertiary/aromatic N) is 1. The Morgan fingerprint density at radius 3 is 2.25 bits per heavy atom. The van der Waals surface area contributed by atoms with Crippen molar-refractivity contribution in [1.82, 2.24) is 4.90 Å². The highest BCUT2D eigenvalue weighted by Gasteiger charge is 2.01. The summed E-state index contributed by atoms with van der Waals surface area (Å²) >= 11 is 0. The van der Waals surface area contributed by atoms with Crippen molar-refractivity contribution in [3.8, 4) is 0 Å². The van der Waals surface area contributed by atoms with E-state index < -0.39 is 0 Å². The maximum atomic E-state index is 9.55. The number of ether oxygens (including phenoxy) is 1. The number of hydrogen-bond acceptors (Lipinski definition) is 3. The fourth-order valence-electron chi connectivity index (χ4n) is 0.175. The molecule has 1 unspecified atom stereocenters. The molecular weight excluding hydrogens is 106 g/mol. The minimum absolute atomic E-state index is 0.174. The first-order chi connectivity index (χ1) is 3.68. The smallest absolute Gasteiger partial charge is 0.419 e. The van der Waals surface area contributed by atoms with E-state index in [1.54, 1.807) is 11.8 Å². The van der Waals surface area contributed by atoms with Crippen molar-refractivity contribution in [3.63, 3.8) is 0 Å². The minimum Gasteiger partial charge on any atom is -0.438 e. The van der Waals surface area contributed by atoms with E-state index in [1.807, 2.05) is 14.1 Å². The zero-order valence-corrected chi connectivity index (χ0v) is 5.34. The van der Waals surface area contributed by atoms with Crippen LogP contribution in [0.5, 0.6) is 0 Å². The van der Waals surface area contributed by atoms with Gasteiger partial charge < -0.3 is 4.74 Å². The average molecular weight is 116 g/mol. The average Bonchev–Trinajstić information content (AvgIpc) is 1.67. The molecule has 0 N–H and O–H groups in total. The topological polar surface area (TPSA) is 29.5 Å². The van der Waals surface area contributed by atoms with Crippen molar-refractivity contribution in [3.05, 3.63) is 0 Å². The summed E-state index contributed by atoms with van der Waals surface area (Å²) < 4.78 is 4.42. The maximum absolute atomic E-state index is 9.55. The van der Waals surface area contributed by atoms with Gasteiger partial charge in [0.2, 0.25) is 0 Å². The Bertz CT molecular complexity index is 72.8. The summed E-state index contributed by atoms with van der Waals surface area (Å²) in [5.74, 6) is 0. The summed E-state index contributed by atoms with van der Waals surface area (Å²) in [4.78, 5) is 11.3. The summed E-state index contributed by atoms with van der Waals surface area (Å²) in [7, 11) is 3.64. The standard InChI is InChI=1S/C5H10NO2/c1-5(6(2)3)8-4-7/h5H,1-3H3. The summed E-state index contributed by atoms with van der Waals surface area (Å²) in [5, 5.41) is 0. The summed E-state index contributed by atoms with van der Waals surface area (Å²) in [5.41, 5.74) is 0. The molecule has 0 aromatic rings. The van der Waals surface area contributed by atoms with E-state index in [4.69, 9.17) is 0 Å². The Morgan fingerprint density at radius 1 is 1.62 bits per heavy atom. The Hall–Kier alpha value is -0.570. The zero-order chi connectivity index (χ0) is 6.57. The van der Waals surface area contributed by atoms with E-state index in [2.05, 4.69) is 4.74 Å². The van der Waals surface area contributed by atoms with E-state index in [1.165, 1.54) is 6.47 Å². The van der Waals surface area contributed by atoms with Crippen molar-refractivity contribution in [1.29, 1.82) is 0 Å². The van der Waals surface area contributed by atoms with Gasteiger partial charge >= 0.3 is 6.47 Å². The zero-order valence-electron chi connectivity index (χ0n) is 5.34. The van der Waals surface area contributed by atoms with Gasteiger partial charge in [-0.1, -0.05) is 0 Å². The second-order valence-electron chi connectivity index (χ2n) is 1.76. The summed E-state index contributed by atoms with van der Waals surface area (Å²) in [6, 6.07) is 0. The van der Waals surface area contributed by atoms with Gasteiger partial charge in [-0.15, -0.1) is 0 Å². The van der Waals surface area contributed by atoms with Crippen LogP contribution in [0.4, 0.5) is 0 Å². The Kier molecular flexibility index (Phi) is 3.19.